The SMILES string of the molecule is CC(=O)[C@H]1[C@H](c2ccccc2F)C2(C(=O)c3ccccc3C2=O)[C@@H]2C=Cc3ccccc3N21. The Morgan fingerprint density at radius 1 is 0.879 bits per heavy atom. The molecule has 1 saturated heterocycles. The Balaban J connectivity index is 1.71. The summed E-state index contributed by atoms with van der Waals surface area (Å²) in [5.41, 5.74) is 0.902. The van der Waals surface area contributed by atoms with Crippen LogP contribution in [0.15, 0.2) is 78.9 Å². The first-order valence-electron chi connectivity index (χ1n) is 11.0. The van der Waals surface area contributed by atoms with Crippen molar-refractivity contribution >= 4 is 29.1 Å². The Hall–Kier alpha value is -3.86. The highest BCUT2D eigenvalue weighted by Gasteiger charge is 2.71. The summed E-state index contributed by atoms with van der Waals surface area (Å²) in [7, 11) is 0. The fraction of sp³-hybridized carbons (Fsp3) is 0.179. The van der Waals surface area contributed by atoms with Gasteiger partial charge < -0.3 is 4.90 Å². The van der Waals surface area contributed by atoms with Crippen LogP contribution in [0.2, 0.25) is 0 Å². The van der Waals surface area contributed by atoms with Gasteiger partial charge in [0.1, 0.15) is 11.2 Å². The highest BCUT2D eigenvalue weighted by Crippen LogP contribution is 2.60. The Labute approximate surface area is 190 Å². The summed E-state index contributed by atoms with van der Waals surface area (Å²) < 4.78 is 15.3. The lowest BCUT2D eigenvalue weighted by Crippen LogP contribution is -2.48. The minimum Gasteiger partial charge on any atom is -0.352 e. The highest BCUT2D eigenvalue weighted by molar-refractivity contribution is 6.32. The van der Waals surface area contributed by atoms with Gasteiger partial charge >= 0.3 is 0 Å². The molecule has 3 atom stereocenters. The lowest BCUT2D eigenvalue weighted by molar-refractivity contribution is -0.118. The van der Waals surface area contributed by atoms with E-state index in [0.29, 0.717) is 11.1 Å². The molecule has 1 spiro atoms. The minimum atomic E-state index is -1.63. The van der Waals surface area contributed by atoms with Crippen molar-refractivity contribution in [3.63, 3.8) is 0 Å². The molecular formula is C28H20FNO3. The number of halogens is 1. The summed E-state index contributed by atoms with van der Waals surface area (Å²) in [6, 6.07) is 18.9. The van der Waals surface area contributed by atoms with Crippen molar-refractivity contribution in [1.29, 1.82) is 0 Å². The van der Waals surface area contributed by atoms with E-state index in [2.05, 4.69) is 0 Å². The monoisotopic (exact) mass is 437 g/mol. The van der Waals surface area contributed by atoms with E-state index >= 15 is 4.39 Å². The van der Waals surface area contributed by atoms with Gasteiger partial charge in [-0.1, -0.05) is 72.8 Å². The van der Waals surface area contributed by atoms with E-state index in [1.54, 1.807) is 42.5 Å². The molecule has 0 unspecified atom stereocenters. The predicted molar refractivity (Wildman–Crippen MR) is 123 cm³/mol. The first-order valence-corrected chi connectivity index (χ1v) is 11.0. The van der Waals surface area contributed by atoms with Crippen molar-refractivity contribution in [1.82, 2.24) is 0 Å². The minimum absolute atomic E-state index is 0.215. The molecule has 0 saturated carbocycles. The van der Waals surface area contributed by atoms with Gasteiger partial charge in [-0.15, -0.1) is 0 Å². The van der Waals surface area contributed by atoms with E-state index in [9.17, 15) is 14.4 Å². The van der Waals surface area contributed by atoms with Crippen LogP contribution in [0.25, 0.3) is 6.08 Å². The first kappa shape index (κ1) is 19.8. The molecule has 1 aliphatic carbocycles. The number of fused-ring (bicyclic) bond motifs is 5. The standard InChI is InChI=1S/C28H20FNO3/c1-16(31)25-24(20-11-5-6-12-21(20)29)28(26(32)18-9-3-4-10-19(18)27(28)33)23-15-14-17-8-2-7-13-22(17)30(23)25/h2-15,23-25H,1H3/t23-,24-,25-/m0/s1. The van der Waals surface area contributed by atoms with E-state index in [4.69, 9.17) is 0 Å². The van der Waals surface area contributed by atoms with Crippen LogP contribution >= 0.6 is 0 Å². The van der Waals surface area contributed by atoms with E-state index in [1.165, 1.54) is 13.0 Å². The number of hydrogen-bond donors (Lipinski definition) is 0. The third-order valence-electron chi connectivity index (χ3n) is 7.37. The van der Waals surface area contributed by atoms with Crippen molar-refractivity contribution in [2.45, 2.75) is 24.9 Å². The van der Waals surface area contributed by atoms with Gasteiger partial charge in [-0.2, -0.15) is 0 Å². The second-order valence-corrected chi connectivity index (χ2v) is 8.90. The molecule has 0 radical (unpaired) electrons. The maximum Gasteiger partial charge on any atom is 0.180 e. The zero-order chi connectivity index (χ0) is 22.9. The number of ketones is 3. The molecule has 33 heavy (non-hydrogen) atoms. The number of carbonyl (C=O) groups is 3. The number of hydrogen-bond acceptors (Lipinski definition) is 4. The molecule has 5 heteroatoms. The van der Waals surface area contributed by atoms with Gasteiger partial charge in [0.25, 0.3) is 0 Å². The smallest absolute Gasteiger partial charge is 0.180 e. The topological polar surface area (TPSA) is 54.5 Å². The second kappa shape index (κ2) is 6.82. The number of para-hydroxylation sites is 1. The summed E-state index contributed by atoms with van der Waals surface area (Å²) in [5, 5.41) is 0. The van der Waals surface area contributed by atoms with Gasteiger partial charge in [0.2, 0.25) is 0 Å². The van der Waals surface area contributed by atoms with Gasteiger partial charge in [-0.05, 0) is 30.2 Å². The van der Waals surface area contributed by atoms with Crippen LogP contribution in [-0.4, -0.2) is 29.4 Å². The molecule has 2 aliphatic heterocycles. The molecule has 0 bridgehead atoms. The molecule has 4 nitrogen and oxygen atoms in total. The Morgan fingerprint density at radius 2 is 1.48 bits per heavy atom. The largest absolute Gasteiger partial charge is 0.352 e. The second-order valence-electron chi connectivity index (χ2n) is 8.90. The summed E-state index contributed by atoms with van der Waals surface area (Å²) >= 11 is 0. The third-order valence-corrected chi connectivity index (χ3v) is 7.37. The van der Waals surface area contributed by atoms with Gasteiger partial charge in [-0.25, -0.2) is 4.39 Å². The van der Waals surface area contributed by atoms with Crippen LogP contribution in [0.1, 0.15) is 44.7 Å². The molecule has 0 amide bonds. The van der Waals surface area contributed by atoms with Crippen LogP contribution in [-0.2, 0) is 4.79 Å². The third kappa shape index (κ3) is 2.37. The molecule has 2 heterocycles. The number of rotatable bonds is 2. The summed E-state index contributed by atoms with van der Waals surface area (Å²) in [6.45, 7) is 1.45. The van der Waals surface area contributed by atoms with E-state index < -0.39 is 29.2 Å². The first-order chi connectivity index (χ1) is 16.0. The normalized spacial score (nSPS) is 24.1. The van der Waals surface area contributed by atoms with Crippen LogP contribution in [0.4, 0.5) is 10.1 Å². The maximum absolute atomic E-state index is 15.3. The zero-order valence-electron chi connectivity index (χ0n) is 17.9. The average Bonchev–Trinajstić information content (AvgIpc) is 3.26. The van der Waals surface area contributed by atoms with Gasteiger partial charge in [-0.3, -0.25) is 14.4 Å². The Bertz CT molecular complexity index is 1360. The van der Waals surface area contributed by atoms with Crippen molar-refractivity contribution in [3.05, 3.63) is 107 Å². The van der Waals surface area contributed by atoms with Gasteiger partial charge in [0.15, 0.2) is 17.3 Å². The summed E-state index contributed by atoms with van der Waals surface area (Å²) in [5.74, 6) is -2.41. The highest BCUT2D eigenvalue weighted by atomic mass is 19.1. The van der Waals surface area contributed by atoms with Crippen LogP contribution in [0.5, 0.6) is 0 Å². The van der Waals surface area contributed by atoms with Crippen LogP contribution in [0, 0.1) is 11.2 Å². The molecule has 6 rings (SSSR count). The average molecular weight is 437 g/mol. The fourth-order valence-electron chi connectivity index (χ4n) is 6.14. The fourth-order valence-corrected chi connectivity index (χ4v) is 6.14. The van der Waals surface area contributed by atoms with Crippen molar-refractivity contribution in [2.24, 2.45) is 5.41 Å². The summed E-state index contributed by atoms with van der Waals surface area (Å²) in [4.78, 5) is 43.4. The lowest BCUT2D eigenvalue weighted by atomic mass is 9.64. The molecule has 0 aromatic heterocycles. The quantitative estimate of drug-likeness (QED) is 0.538. The van der Waals surface area contributed by atoms with Crippen LogP contribution in [0.3, 0.4) is 0 Å². The van der Waals surface area contributed by atoms with Crippen molar-refractivity contribution in [3.8, 4) is 0 Å². The number of nitrogens with zero attached hydrogens (tertiary/aromatic N) is 1. The maximum atomic E-state index is 15.3. The zero-order valence-corrected chi connectivity index (χ0v) is 17.9. The van der Waals surface area contributed by atoms with Crippen molar-refractivity contribution in [2.75, 3.05) is 4.90 Å². The molecule has 3 aliphatic rings. The predicted octanol–water partition coefficient (Wildman–Crippen LogP) is 4.85. The molecule has 3 aromatic carbocycles. The molecule has 162 valence electrons. The Morgan fingerprint density at radius 3 is 2.15 bits per heavy atom. The number of Topliss-reactive ketones (excluding diaryl/α,β-unsaturated/α-hetero) is 3. The summed E-state index contributed by atoms with van der Waals surface area (Å²) in [6.07, 6.45) is 3.73. The Kier molecular flexibility index (Phi) is 4.09. The molecule has 0 N–H and O–H groups in total. The molecule has 1 fully saturated rings. The number of benzene rings is 3. The van der Waals surface area contributed by atoms with E-state index in [-0.39, 0.29) is 22.9 Å². The van der Waals surface area contributed by atoms with Gasteiger partial charge in [0.05, 0.1) is 12.1 Å². The van der Waals surface area contributed by atoms with E-state index in [1.807, 2.05) is 41.3 Å². The number of anilines is 1. The lowest BCUT2D eigenvalue weighted by Gasteiger charge is -2.37. The van der Waals surface area contributed by atoms with Crippen LogP contribution < -0.4 is 4.90 Å². The van der Waals surface area contributed by atoms with E-state index in [0.717, 1.165) is 11.3 Å². The van der Waals surface area contributed by atoms with Crippen molar-refractivity contribution < 1.29 is 18.8 Å². The number of carbonyl (C=O) groups excluding carboxylic acids is 3. The van der Waals surface area contributed by atoms with Gasteiger partial charge in [0, 0.05) is 22.7 Å². The molecule has 3 aromatic rings. The molecular weight excluding hydrogens is 417 g/mol.